The predicted molar refractivity (Wildman–Crippen MR) is 85.3 cm³/mol. The third-order valence-corrected chi connectivity index (χ3v) is 4.32. The Balaban J connectivity index is 2.54. The van der Waals surface area contributed by atoms with Crippen LogP contribution in [0.25, 0.3) is 0 Å². The van der Waals surface area contributed by atoms with Gasteiger partial charge in [0.1, 0.15) is 5.60 Å². The first-order valence-corrected chi connectivity index (χ1v) is 8.53. The van der Waals surface area contributed by atoms with Crippen molar-refractivity contribution in [3.05, 3.63) is 29.3 Å². The molecular formula is C15H24N2O4S. The van der Waals surface area contributed by atoms with E-state index in [4.69, 9.17) is 4.74 Å². The lowest BCUT2D eigenvalue weighted by atomic mass is 10.2. The molecule has 0 spiro atoms. The van der Waals surface area contributed by atoms with Crippen LogP contribution in [0.15, 0.2) is 23.1 Å². The van der Waals surface area contributed by atoms with E-state index in [0.29, 0.717) is 5.56 Å². The number of hydrogen-bond acceptors (Lipinski definition) is 4. The van der Waals surface area contributed by atoms with Gasteiger partial charge >= 0.3 is 6.09 Å². The molecule has 0 fully saturated rings. The predicted octanol–water partition coefficient (Wildman–Crippen LogP) is 2.11. The Bertz CT molecular complexity index is 633. The van der Waals surface area contributed by atoms with Crippen LogP contribution in [0, 0.1) is 13.8 Å². The number of amides is 1. The number of rotatable bonds is 5. The first kappa shape index (κ1) is 18.4. The second-order valence-corrected chi connectivity index (χ2v) is 7.83. The third-order valence-electron chi connectivity index (χ3n) is 2.72. The van der Waals surface area contributed by atoms with Crippen LogP contribution in [0.5, 0.6) is 0 Å². The molecule has 0 radical (unpaired) electrons. The maximum atomic E-state index is 12.2. The van der Waals surface area contributed by atoms with E-state index in [1.54, 1.807) is 39.8 Å². The van der Waals surface area contributed by atoms with Crippen molar-refractivity contribution in [2.45, 2.75) is 45.1 Å². The summed E-state index contributed by atoms with van der Waals surface area (Å²) in [5, 5.41) is 2.50. The van der Waals surface area contributed by atoms with Gasteiger partial charge in [0.2, 0.25) is 10.0 Å². The van der Waals surface area contributed by atoms with E-state index in [-0.39, 0.29) is 18.0 Å². The fourth-order valence-corrected chi connectivity index (χ4v) is 3.10. The van der Waals surface area contributed by atoms with Crippen molar-refractivity contribution in [2.75, 3.05) is 13.1 Å². The number of alkyl carbamates (subject to hydrolysis) is 1. The molecule has 0 aliphatic heterocycles. The molecule has 1 rings (SSSR count). The van der Waals surface area contributed by atoms with Crippen molar-refractivity contribution in [3.8, 4) is 0 Å². The second-order valence-electron chi connectivity index (χ2n) is 6.10. The summed E-state index contributed by atoms with van der Waals surface area (Å²) in [6.07, 6.45) is -0.571. The molecule has 2 N–H and O–H groups in total. The highest BCUT2D eigenvalue weighted by Gasteiger charge is 2.18. The molecule has 0 unspecified atom stereocenters. The van der Waals surface area contributed by atoms with Gasteiger partial charge in [-0.1, -0.05) is 12.1 Å². The van der Waals surface area contributed by atoms with E-state index in [0.717, 1.165) is 5.56 Å². The number of hydrogen-bond donors (Lipinski definition) is 2. The van der Waals surface area contributed by atoms with Gasteiger partial charge in [0.25, 0.3) is 0 Å². The smallest absolute Gasteiger partial charge is 0.407 e. The summed E-state index contributed by atoms with van der Waals surface area (Å²) >= 11 is 0. The van der Waals surface area contributed by atoms with Gasteiger partial charge in [-0.25, -0.2) is 17.9 Å². The summed E-state index contributed by atoms with van der Waals surface area (Å²) in [6.45, 7) is 9.10. The molecule has 0 bridgehead atoms. The van der Waals surface area contributed by atoms with Crippen LogP contribution in [0.4, 0.5) is 4.79 Å². The van der Waals surface area contributed by atoms with Crippen LogP contribution in [0.1, 0.15) is 31.9 Å². The Kier molecular flexibility index (Phi) is 5.96. The number of carbonyl (C=O) groups excluding carboxylic acids is 1. The molecule has 0 aliphatic rings. The molecule has 7 heteroatoms. The molecule has 1 amide bonds. The summed E-state index contributed by atoms with van der Waals surface area (Å²) in [7, 11) is -3.59. The third kappa shape index (κ3) is 6.03. The number of sulfonamides is 1. The van der Waals surface area contributed by atoms with E-state index in [1.807, 2.05) is 13.0 Å². The van der Waals surface area contributed by atoms with Gasteiger partial charge in [-0.2, -0.15) is 0 Å². The van der Waals surface area contributed by atoms with Crippen molar-refractivity contribution in [2.24, 2.45) is 0 Å². The molecule has 124 valence electrons. The number of nitrogens with one attached hydrogen (secondary N) is 2. The molecule has 0 heterocycles. The molecule has 0 aromatic heterocycles. The number of aryl methyl sites for hydroxylation is 2. The fourth-order valence-electron chi connectivity index (χ4n) is 1.74. The van der Waals surface area contributed by atoms with Crippen LogP contribution >= 0.6 is 0 Å². The van der Waals surface area contributed by atoms with Gasteiger partial charge in [0, 0.05) is 13.1 Å². The lowest BCUT2D eigenvalue weighted by Crippen LogP contribution is -2.38. The molecule has 0 saturated carbocycles. The maximum Gasteiger partial charge on any atom is 0.407 e. The summed E-state index contributed by atoms with van der Waals surface area (Å²) < 4.78 is 32.0. The summed E-state index contributed by atoms with van der Waals surface area (Å²) in [6, 6.07) is 5.25. The minimum absolute atomic E-state index is 0.0922. The van der Waals surface area contributed by atoms with E-state index in [2.05, 4.69) is 10.0 Å². The van der Waals surface area contributed by atoms with Crippen molar-refractivity contribution in [3.63, 3.8) is 0 Å². The SMILES string of the molecule is Cc1ccc(C)c(S(=O)(=O)NCCNC(=O)OC(C)(C)C)c1. The van der Waals surface area contributed by atoms with Gasteiger partial charge in [-0.3, -0.25) is 0 Å². The number of ether oxygens (including phenoxy) is 1. The number of carbonyl (C=O) groups is 1. The monoisotopic (exact) mass is 328 g/mol. The molecule has 0 aliphatic carbocycles. The Morgan fingerprint density at radius 2 is 1.82 bits per heavy atom. The maximum absolute atomic E-state index is 12.2. The largest absolute Gasteiger partial charge is 0.444 e. The Morgan fingerprint density at radius 3 is 2.41 bits per heavy atom. The fraction of sp³-hybridized carbons (Fsp3) is 0.533. The first-order valence-electron chi connectivity index (χ1n) is 7.05. The zero-order chi connectivity index (χ0) is 17.0. The molecule has 0 atom stereocenters. The summed E-state index contributed by atoms with van der Waals surface area (Å²) in [5.74, 6) is 0. The van der Waals surface area contributed by atoms with Gasteiger partial charge in [-0.05, 0) is 51.8 Å². The first-order chi connectivity index (χ1) is 10.0. The van der Waals surface area contributed by atoms with Crippen LogP contribution in [0.2, 0.25) is 0 Å². The normalized spacial score (nSPS) is 12.0. The van der Waals surface area contributed by atoms with Gasteiger partial charge < -0.3 is 10.1 Å². The van der Waals surface area contributed by atoms with Crippen LogP contribution in [0.3, 0.4) is 0 Å². The molecule has 1 aromatic carbocycles. The van der Waals surface area contributed by atoms with E-state index >= 15 is 0 Å². The zero-order valence-corrected chi connectivity index (χ0v) is 14.5. The highest BCUT2D eigenvalue weighted by Crippen LogP contribution is 2.16. The quantitative estimate of drug-likeness (QED) is 0.811. The van der Waals surface area contributed by atoms with Crippen molar-refractivity contribution < 1.29 is 17.9 Å². The average Bonchev–Trinajstić information content (AvgIpc) is 2.35. The molecular weight excluding hydrogens is 304 g/mol. The molecule has 22 heavy (non-hydrogen) atoms. The van der Waals surface area contributed by atoms with E-state index in [1.165, 1.54) is 0 Å². The molecule has 0 saturated heterocycles. The zero-order valence-electron chi connectivity index (χ0n) is 13.7. The standard InChI is InChI=1S/C15H24N2O4S/c1-11-6-7-12(2)13(10-11)22(19,20)17-9-8-16-14(18)21-15(3,4)5/h6-7,10,17H,8-9H2,1-5H3,(H,16,18). The lowest BCUT2D eigenvalue weighted by Gasteiger charge is -2.19. The van der Waals surface area contributed by atoms with Crippen LogP contribution < -0.4 is 10.0 Å². The second kappa shape index (κ2) is 7.11. The van der Waals surface area contributed by atoms with Crippen molar-refractivity contribution in [1.29, 1.82) is 0 Å². The van der Waals surface area contributed by atoms with Crippen molar-refractivity contribution >= 4 is 16.1 Å². The minimum atomic E-state index is -3.59. The van der Waals surface area contributed by atoms with Crippen LogP contribution in [-0.2, 0) is 14.8 Å². The number of benzene rings is 1. The van der Waals surface area contributed by atoms with Gasteiger partial charge in [-0.15, -0.1) is 0 Å². The average molecular weight is 328 g/mol. The highest BCUT2D eigenvalue weighted by atomic mass is 32.2. The van der Waals surface area contributed by atoms with Crippen molar-refractivity contribution in [1.82, 2.24) is 10.0 Å². The van der Waals surface area contributed by atoms with E-state index in [9.17, 15) is 13.2 Å². The van der Waals surface area contributed by atoms with E-state index < -0.39 is 21.7 Å². The lowest BCUT2D eigenvalue weighted by molar-refractivity contribution is 0.0529. The highest BCUT2D eigenvalue weighted by molar-refractivity contribution is 7.89. The summed E-state index contributed by atoms with van der Waals surface area (Å²) in [4.78, 5) is 11.7. The minimum Gasteiger partial charge on any atom is -0.444 e. The topological polar surface area (TPSA) is 84.5 Å². The molecule has 6 nitrogen and oxygen atoms in total. The Labute approximate surface area is 132 Å². The Hall–Kier alpha value is -1.60. The summed E-state index contributed by atoms with van der Waals surface area (Å²) in [5.41, 5.74) is 0.971. The van der Waals surface area contributed by atoms with Gasteiger partial charge in [0.15, 0.2) is 0 Å². The van der Waals surface area contributed by atoms with Crippen LogP contribution in [-0.4, -0.2) is 33.2 Å². The Morgan fingerprint density at radius 1 is 1.18 bits per heavy atom. The van der Waals surface area contributed by atoms with Gasteiger partial charge in [0.05, 0.1) is 4.90 Å². The molecule has 1 aromatic rings.